The molecule has 4 nitrogen and oxygen atoms in total. The Hall–Kier alpha value is -3.14. The number of rotatable bonds is 5. The molecule has 0 aliphatic heterocycles. The minimum Gasteiger partial charge on any atom is -0.378 e. The van der Waals surface area contributed by atoms with Crippen LogP contribution in [0.15, 0.2) is 70.9 Å². The minimum atomic E-state index is 1.03. The predicted octanol–water partition coefficient (Wildman–Crippen LogP) is 4.42. The number of benzene rings is 3. The summed E-state index contributed by atoms with van der Waals surface area (Å²) >= 11 is 0. The van der Waals surface area contributed by atoms with E-state index in [4.69, 9.17) is 0 Å². The van der Waals surface area contributed by atoms with E-state index in [-0.39, 0.29) is 0 Å². The second-order valence-corrected chi connectivity index (χ2v) is 6.66. The molecule has 0 radical (unpaired) electrons. The normalized spacial score (nSPS) is 11.5. The van der Waals surface area contributed by atoms with E-state index in [0.717, 1.165) is 11.1 Å². The molecule has 3 rings (SSSR count). The first kappa shape index (κ1) is 17.7. The molecule has 26 heavy (non-hydrogen) atoms. The smallest absolute Gasteiger partial charge is 0.0568 e. The lowest BCUT2D eigenvalue weighted by atomic mass is 10.1. The van der Waals surface area contributed by atoms with Crippen LogP contribution < -0.4 is 9.80 Å². The molecule has 0 amide bonds. The Morgan fingerprint density at radius 2 is 1.08 bits per heavy atom. The second-order valence-electron chi connectivity index (χ2n) is 6.66. The van der Waals surface area contributed by atoms with Gasteiger partial charge in [0.15, 0.2) is 0 Å². The molecule has 3 aromatic rings. The van der Waals surface area contributed by atoms with Crippen LogP contribution in [0.4, 0.5) is 11.4 Å². The highest BCUT2D eigenvalue weighted by molar-refractivity contribution is 5.92. The molecule has 3 aromatic carbocycles. The van der Waals surface area contributed by atoms with Gasteiger partial charge in [0, 0.05) is 39.6 Å². The van der Waals surface area contributed by atoms with Crippen molar-refractivity contribution < 1.29 is 0 Å². The first-order valence-corrected chi connectivity index (χ1v) is 8.58. The summed E-state index contributed by atoms with van der Waals surface area (Å²) < 4.78 is 0. The van der Waals surface area contributed by atoms with Crippen molar-refractivity contribution >= 4 is 34.6 Å². The Balaban J connectivity index is 1.70. The van der Waals surface area contributed by atoms with Gasteiger partial charge in [-0.05, 0) is 52.2 Å². The van der Waals surface area contributed by atoms with Gasteiger partial charge in [0.25, 0.3) is 0 Å². The van der Waals surface area contributed by atoms with Crippen molar-refractivity contribution in [2.75, 3.05) is 38.0 Å². The fourth-order valence-electron chi connectivity index (χ4n) is 2.67. The Morgan fingerprint density at radius 3 is 1.73 bits per heavy atom. The molecule has 0 bridgehead atoms. The molecule has 4 heteroatoms. The van der Waals surface area contributed by atoms with Gasteiger partial charge in [0.2, 0.25) is 0 Å². The van der Waals surface area contributed by atoms with Crippen LogP contribution >= 0.6 is 0 Å². The lowest BCUT2D eigenvalue weighted by Gasteiger charge is -2.13. The van der Waals surface area contributed by atoms with E-state index < -0.39 is 0 Å². The Kier molecular flexibility index (Phi) is 5.32. The summed E-state index contributed by atoms with van der Waals surface area (Å²) in [6.07, 6.45) is 3.55. The predicted molar refractivity (Wildman–Crippen MR) is 114 cm³/mol. The number of nitrogens with zero attached hydrogens (tertiary/aromatic N) is 4. The quantitative estimate of drug-likeness (QED) is 0.507. The summed E-state index contributed by atoms with van der Waals surface area (Å²) in [5.74, 6) is 0. The number of anilines is 2. The van der Waals surface area contributed by atoms with E-state index >= 15 is 0 Å². The van der Waals surface area contributed by atoms with Crippen LogP contribution in [-0.4, -0.2) is 40.6 Å². The van der Waals surface area contributed by atoms with Crippen LogP contribution in [0, 0.1) is 0 Å². The highest BCUT2D eigenvalue weighted by Crippen LogP contribution is 2.21. The summed E-state index contributed by atoms with van der Waals surface area (Å²) in [4.78, 5) is 4.18. The van der Waals surface area contributed by atoms with E-state index in [1.807, 2.05) is 40.3 Å². The van der Waals surface area contributed by atoms with Crippen molar-refractivity contribution in [3.63, 3.8) is 0 Å². The highest BCUT2D eigenvalue weighted by atomic mass is 15.2. The van der Waals surface area contributed by atoms with Gasteiger partial charge in [-0.25, -0.2) is 0 Å². The largest absolute Gasteiger partial charge is 0.378 e. The topological polar surface area (TPSA) is 31.2 Å². The number of hydrogen-bond donors (Lipinski definition) is 0. The van der Waals surface area contributed by atoms with E-state index in [1.54, 1.807) is 12.4 Å². The minimum absolute atomic E-state index is 1.03. The lowest BCUT2D eigenvalue weighted by Crippen LogP contribution is -2.08. The third-order valence-electron chi connectivity index (χ3n) is 4.25. The molecule has 0 aromatic heterocycles. The van der Waals surface area contributed by atoms with E-state index in [1.165, 1.54) is 22.1 Å². The van der Waals surface area contributed by atoms with Crippen LogP contribution in [0.25, 0.3) is 10.8 Å². The number of hydrogen-bond acceptors (Lipinski definition) is 4. The molecule has 0 saturated carbocycles. The van der Waals surface area contributed by atoms with E-state index in [2.05, 4.69) is 68.5 Å². The monoisotopic (exact) mass is 344 g/mol. The van der Waals surface area contributed by atoms with Gasteiger partial charge >= 0.3 is 0 Å². The molecule has 0 atom stereocenters. The maximum atomic E-state index is 4.17. The average Bonchev–Trinajstić information content (AvgIpc) is 2.65. The molecule has 0 saturated heterocycles. The van der Waals surface area contributed by atoms with Gasteiger partial charge in [0.1, 0.15) is 0 Å². The average molecular weight is 344 g/mol. The van der Waals surface area contributed by atoms with Crippen LogP contribution in [-0.2, 0) is 0 Å². The van der Waals surface area contributed by atoms with Crippen molar-refractivity contribution in [1.82, 2.24) is 0 Å². The number of fused-ring (bicyclic) bond motifs is 1. The van der Waals surface area contributed by atoms with Gasteiger partial charge in [-0.3, -0.25) is 0 Å². The van der Waals surface area contributed by atoms with Crippen LogP contribution in [0.5, 0.6) is 0 Å². The molecule has 0 spiro atoms. The van der Waals surface area contributed by atoms with Gasteiger partial charge in [-0.1, -0.05) is 30.3 Å². The summed E-state index contributed by atoms with van der Waals surface area (Å²) in [6.45, 7) is 0. The maximum Gasteiger partial charge on any atom is 0.0568 e. The van der Waals surface area contributed by atoms with Gasteiger partial charge in [-0.15, -0.1) is 0 Å². The first-order chi connectivity index (χ1) is 12.5. The summed E-state index contributed by atoms with van der Waals surface area (Å²) in [7, 11) is 8.15. The molecule has 0 heterocycles. The van der Waals surface area contributed by atoms with Crippen molar-refractivity contribution in [2.24, 2.45) is 10.2 Å². The fraction of sp³-hybridized carbons (Fsp3) is 0.182. The summed E-state index contributed by atoms with van der Waals surface area (Å²) in [5.41, 5.74) is 4.43. The van der Waals surface area contributed by atoms with Crippen molar-refractivity contribution in [2.45, 2.75) is 0 Å². The van der Waals surface area contributed by atoms with Crippen molar-refractivity contribution in [3.05, 3.63) is 71.8 Å². The highest BCUT2D eigenvalue weighted by Gasteiger charge is 1.99. The van der Waals surface area contributed by atoms with Crippen LogP contribution in [0.2, 0.25) is 0 Å². The Labute approximate surface area is 155 Å². The Bertz CT molecular complexity index is 938. The van der Waals surface area contributed by atoms with Crippen molar-refractivity contribution in [3.8, 4) is 0 Å². The molecule has 0 aliphatic rings. The second kappa shape index (κ2) is 7.83. The maximum absolute atomic E-state index is 4.17. The lowest BCUT2D eigenvalue weighted by molar-refractivity contribution is 1.13. The molecular formula is C22H24N4. The fourth-order valence-corrected chi connectivity index (χ4v) is 2.67. The first-order valence-electron chi connectivity index (χ1n) is 8.58. The van der Waals surface area contributed by atoms with Gasteiger partial charge < -0.3 is 9.80 Å². The Morgan fingerprint density at radius 1 is 0.577 bits per heavy atom. The van der Waals surface area contributed by atoms with Crippen molar-refractivity contribution in [1.29, 1.82) is 0 Å². The van der Waals surface area contributed by atoms with E-state index in [0.29, 0.717) is 0 Å². The van der Waals surface area contributed by atoms with Crippen LogP contribution in [0.3, 0.4) is 0 Å². The molecule has 0 aliphatic carbocycles. The standard InChI is InChI=1S/C22H24N4/c1-25(2)21-10-6-17(7-11-21)15-23-24-16-18-5-8-20-14-22(26(3)4)12-9-19(20)13-18/h5-16H,1-4H3/b23-15+,24-16+. The van der Waals surface area contributed by atoms with Crippen LogP contribution in [0.1, 0.15) is 11.1 Å². The summed E-state index contributed by atoms with van der Waals surface area (Å²) in [6, 6.07) is 21.0. The molecule has 0 N–H and O–H groups in total. The third kappa shape index (κ3) is 4.28. The molecule has 132 valence electrons. The third-order valence-corrected chi connectivity index (χ3v) is 4.25. The molecule has 0 unspecified atom stereocenters. The SMILES string of the molecule is CN(C)c1ccc(/C=N/N=C/c2ccc3cc(N(C)C)ccc3c2)cc1. The molecular weight excluding hydrogens is 320 g/mol. The zero-order chi connectivity index (χ0) is 18.5. The van der Waals surface area contributed by atoms with E-state index in [9.17, 15) is 0 Å². The molecule has 0 fully saturated rings. The van der Waals surface area contributed by atoms with Gasteiger partial charge in [0.05, 0.1) is 12.4 Å². The summed E-state index contributed by atoms with van der Waals surface area (Å²) in [5, 5.41) is 10.7. The zero-order valence-electron chi connectivity index (χ0n) is 15.7. The van der Waals surface area contributed by atoms with Gasteiger partial charge in [-0.2, -0.15) is 10.2 Å². The zero-order valence-corrected chi connectivity index (χ0v) is 15.7.